The summed E-state index contributed by atoms with van der Waals surface area (Å²) in [4.78, 5) is 17.7. The van der Waals surface area contributed by atoms with E-state index in [4.69, 9.17) is 9.47 Å². The monoisotopic (exact) mass is 388 g/mol. The van der Waals surface area contributed by atoms with Crippen LogP contribution in [-0.2, 0) is 4.79 Å². The average Bonchev–Trinajstić information content (AvgIpc) is 3.33. The molecule has 1 aliphatic rings. The van der Waals surface area contributed by atoms with Crippen molar-refractivity contribution in [3.8, 4) is 11.5 Å². The summed E-state index contributed by atoms with van der Waals surface area (Å²) >= 11 is 1.42. The number of hydrogen-bond donors (Lipinski definition) is 1. The second-order valence-corrected chi connectivity index (χ2v) is 7.47. The Bertz CT molecular complexity index is 1060. The number of hydrogen-bond acceptors (Lipinski definition) is 5. The third-order valence-electron chi connectivity index (χ3n) is 4.64. The molecule has 0 unspecified atom stereocenters. The molecule has 0 saturated heterocycles. The summed E-state index contributed by atoms with van der Waals surface area (Å²) in [5, 5.41) is 3.55. The van der Waals surface area contributed by atoms with Gasteiger partial charge in [-0.3, -0.25) is 4.79 Å². The van der Waals surface area contributed by atoms with Crippen LogP contribution in [0.5, 0.6) is 11.5 Å². The molecule has 0 atom stereocenters. The molecule has 0 aliphatic carbocycles. The average molecular weight is 388 g/mol. The second-order valence-electron chi connectivity index (χ2n) is 6.44. The molecule has 138 valence electrons. The van der Waals surface area contributed by atoms with Crippen LogP contribution in [0.2, 0.25) is 0 Å². The van der Waals surface area contributed by atoms with Gasteiger partial charge >= 0.3 is 0 Å². The highest BCUT2D eigenvalue weighted by Gasteiger charge is 2.24. The van der Waals surface area contributed by atoms with Gasteiger partial charge in [0, 0.05) is 12.1 Å². The molecule has 0 bridgehead atoms. The zero-order valence-corrected chi connectivity index (χ0v) is 15.6. The minimum absolute atomic E-state index is 0.114. The maximum Gasteiger partial charge on any atom is 0.238 e. The predicted octanol–water partition coefficient (Wildman–Crippen LogP) is 4.80. The number of rotatable bonds is 4. The molecule has 28 heavy (non-hydrogen) atoms. The molecule has 0 radical (unpaired) electrons. The first kappa shape index (κ1) is 16.8. The summed E-state index contributed by atoms with van der Waals surface area (Å²) in [5.74, 6) is 0.866. The van der Waals surface area contributed by atoms with E-state index in [0.717, 1.165) is 21.3 Å². The van der Waals surface area contributed by atoms with Gasteiger partial charge in [0.1, 0.15) is 0 Å². The van der Waals surface area contributed by atoms with Crippen molar-refractivity contribution in [3.63, 3.8) is 0 Å². The van der Waals surface area contributed by atoms with E-state index in [0.29, 0.717) is 16.6 Å². The molecular formula is C22H16N2O3S. The minimum atomic E-state index is -0.411. The fourth-order valence-electron chi connectivity index (χ4n) is 3.34. The summed E-state index contributed by atoms with van der Waals surface area (Å²) in [7, 11) is 0. The van der Waals surface area contributed by atoms with Gasteiger partial charge in [-0.2, -0.15) is 0 Å². The van der Waals surface area contributed by atoms with Gasteiger partial charge in [0.25, 0.3) is 0 Å². The number of fused-ring (bicyclic) bond motifs is 2. The van der Waals surface area contributed by atoms with Crippen molar-refractivity contribution in [2.45, 2.75) is 5.92 Å². The topological polar surface area (TPSA) is 60.5 Å². The molecule has 0 spiro atoms. The largest absolute Gasteiger partial charge is 0.454 e. The first-order valence-corrected chi connectivity index (χ1v) is 9.70. The molecule has 1 aromatic heterocycles. The van der Waals surface area contributed by atoms with Crippen molar-refractivity contribution in [3.05, 3.63) is 83.9 Å². The van der Waals surface area contributed by atoms with Gasteiger partial charge in [0.15, 0.2) is 16.6 Å². The lowest BCUT2D eigenvalue weighted by Gasteiger charge is -2.16. The third kappa shape index (κ3) is 3.08. The van der Waals surface area contributed by atoms with E-state index in [-0.39, 0.29) is 12.7 Å². The summed E-state index contributed by atoms with van der Waals surface area (Å²) in [6.45, 7) is 0.228. The summed E-state index contributed by atoms with van der Waals surface area (Å²) in [6, 6.07) is 23.3. The van der Waals surface area contributed by atoms with Crippen LogP contribution in [0.25, 0.3) is 10.2 Å². The van der Waals surface area contributed by atoms with Crippen molar-refractivity contribution in [1.82, 2.24) is 4.98 Å². The van der Waals surface area contributed by atoms with Crippen LogP contribution >= 0.6 is 11.3 Å². The molecule has 2 heterocycles. The fourth-order valence-corrected chi connectivity index (χ4v) is 4.21. The SMILES string of the molecule is O=C(Nc1nc2cc3c(cc2s1)OCO3)C(c1ccccc1)c1ccccc1. The van der Waals surface area contributed by atoms with E-state index in [1.807, 2.05) is 72.8 Å². The summed E-state index contributed by atoms with van der Waals surface area (Å²) in [6.07, 6.45) is 0. The van der Waals surface area contributed by atoms with Gasteiger partial charge in [0.2, 0.25) is 12.7 Å². The van der Waals surface area contributed by atoms with Crippen LogP contribution in [0.1, 0.15) is 17.0 Å². The van der Waals surface area contributed by atoms with Crippen LogP contribution in [0, 0.1) is 0 Å². The highest BCUT2D eigenvalue weighted by molar-refractivity contribution is 7.22. The Morgan fingerprint density at radius 2 is 1.54 bits per heavy atom. The number of aromatic nitrogens is 1. The minimum Gasteiger partial charge on any atom is -0.454 e. The third-order valence-corrected chi connectivity index (χ3v) is 5.57. The first-order chi connectivity index (χ1) is 13.8. The van der Waals surface area contributed by atoms with Crippen LogP contribution in [0.3, 0.4) is 0 Å². The van der Waals surface area contributed by atoms with Crippen molar-refractivity contribution in [1.29, 1.82) is 0 Å². The lowest BCUT2D eigenvalue weighted by atomic mass is 9.90. The Kier molecular flexibility index (Phi) is 4.18. The standard InChI is InChI=1S/C22H16N2O3S/c25-21(20(14-7-3-1-4-8-14)15-9-5-2-6-10-15)24-22-23-16-11-17-18(27-13-26-17)12-19(16)28-22/h1-12,20H,13H2,(H,23,24,25). The number of amides is 1. The Balaban J connectivity index is 1.47. The molecular weight excluding hydrogens is 372 g/mol. The summed E-state index contributed by atoms with van der Waals surface area (Å²) in [5.41, 5.74) is 2.65. The number of nitrogens with one attached hydrogen (secondary N) is 1. The van der Waals surface area contributed by atoms with E-state index in [1.165, 1.54) is 11.3 Å². The van der Waals surface area contributed by atoms with E-state index >= 15 is 0 Å². The van der Waals surface area contributed by atoms with Gasteiger partial charge in [0.05, 0.1) is 16.1 Å². The number of benzene rings is 3. The maximum absolute atomic E-state index is 13.2. The van der Waals surface area contributed by atoms with Crippen molar-refractivity contribution in [2.75, 3.05) is 12.1 Å². The molecule has 0 fully saturated rings. The second kappa shape index (κ2) is 6.98. The lowest BCUT2D eigenvalue weighted by Crippen LogP contribution is -2.22. The first-order valence-electron chi connectivity index (χ1n) is 8.89. The Labute approximate surface area is 165 Å². The molecule has 3 aromatic carbocycles. The van der Waals surface area contributed by atoms with E-state index < -0.39 is 5.92 Å². The highest BCUT2D eigenvalue weighted by atomic mass is 32.1. The molecule has 4 aromatic rings. The normalized spacial score (nSPS) is 12.5. The van der Waals surface area contributed by atoms with Crippen LogP contribution < -0.4 is 14.8 Å². The number of nitrogens with zero attached hydrogens (tertiary/aromatic N) is 1. The van der Waals surface area contributed by atoms with Crippen molar-refractivity contribution < 1.29 is 14.3 Å². The zero-order chi connectivity index (χ0) is 18.9. The number of anilines is 1. The Morgan fingerprint density at radius 3 is 2.18 bits per heavy atom. The Morgan fingerprint density at radius 1 is 0.929 bits per heavy atom. The highest BCUT2D eigenvalue weighted by Crippen LogP contribution is 2.39. The van der Waals surface area contributed by atoms with Crippen molar-refractivity contribution >= 4 is 32.6 Å². The molecule has 1 aliphatic heterocycles. The number of carbonyl (C=O) groups excluding carboxylic acids is 1. The van der Waals surface area contributed by atoms with Crippen LogP contribution in [-0.4, -0.2) is 17.7 Å². The zero-order valence-electron chi connectivity index (χ0n) is 14.8. The van der Waals surface area contributed by atoms with Crippen molar-refractivity contribution in [2.24, 2.45) is 0 Å². The maximum atomic E-state index is 13.2. The molecule has 1 N–H and O–H groups in total. The number of carbonyl (C=O) groups is 1. The van der Waals surface area contributed by atoms with Gasteiger partial charge < -0.3 is 14.8 Å². The number of thiazole rings is 1. The van der Waals surface area contributed by atoms with Gasteiger partial charge in [-0.05, 0) is 11.1 Å². The smallest absolute Gasteiger partial charge is 0.238 e. The van der Waals surface area contributed by atoms with E-state index in [9.17, 15) is 4.79 Å². The van der Waals surface area contributed by atoms with Gasteiger partial charge in [-0.1, -0.05) is 72.0 Å². The quantitative estimate of drug-likeness (QED) is 0.546. The number of ether oxygens (including phenoxy) is 2. The van der Waals surface area contributed by atoms with Crippen LogP contribution in [0.4, 0.5) is 5.13 Å². The predicted molar refractivity (Wildman–Crippen MR) is 109 cm³/mol. The summed E-state index contributed by atoms with van der Waals surface area (Å²) < 4.78 is 11.8. The van der Waals surface area contributed by atoms with E-state index in [1.54, 1.807) is 0 Å². The van der Waals surface area contributed by atoms with E-state index in [2.05, 4.69) is 10.3 Å². The molecule has 0 saturated carbocycles. The molecule has 5 nitrogen and oxygen atoms in total. The lowest BCUT2D eigenvalue weighted by molar-refractivity contribution is -0.116. The fraction of sp³-hybridized carbons (Fsp3) is 0.0909. The van der Waals surface area contributed by atoms with Gasteiger partial charge in [-0.25, -0.2) is 4.98 Å². The molecule has 5 rings (SSSR count). The molecule has 1 amide bonds. The van der Waals surface area contributed by atoms with Crippen LogP contribution in [0.15, 0.2) is 72.8 Å². The van der Waals surface area contributed by atoms with Gasteiger partial charge in [-0.15, -0.1) is 0 Å². The molecule has 6 heteroatoms. The Hall–Kier alpha value is -3.38.